The van der Waals surface area contributed by atoms with E-state index in [0.29, 0.717) is 16.8 Å². The van der Waals surface area contributed by atoms with Crippen LogP contribution in [0.5, 0.6) is 0 Å². The van der Waals surface area contributed by atoms with Crippen LogP contribution in [0, 0.1) is 6.92 Å². The standard InChI is InChI=1S/C20H23N3O3/c1-14-12-16(7-8-17(14)20(25)26)22-19(24)15-6-9-18(21-13-15)23-10-4-2-3-5-11-23/h6-9,12-13H,2-5,10-11H2,1H3,(H,22,24)(H,25,26). The number of carbonyl (C=O) groups excluding carboxylic acids is 1. The molecule has 1 aliphatic heterocycles. The lowest BCUT2D eigenvalue weighted by Gasteiger charge is -2.21. The highest BCUT2D eigenvalue weighted by molar-refractivity contribution is 6.04. The maximum atomic E-state index is 12.4. The number of amides is 1. The van der Waals surface area contributed by atoms with Crippen molar-refractivity contribution in [1.82, 2.24) is 4.98 Å². The number of aromatic carboxylic acids is 1. The number of nitrogens with one attached hydrogen (secondary N) is 1. The molecule has 0 bridgehead atoms. The van der Waals surface area contributed by atoms with Crippen molar-refractivity contribution in [3.63, 3.8) is 0 Å². The summed E-state index contributed by atoms with van der Waals surface area (Å²) < 4.78 is 0. The van der Waals surface area contributed by atoms with Crippen LogP contribution in [0.2, 0.25) is 0 Å². The van der Waals surface area contributed by atoms with Crippen LogP contribution in [0.4, 0.5) is 11.5 Å². The largest absolute Gasteiger partial charge is 0.478 e. The van der Waals surface area contributed by atoms with Crippen LogP contribution in [-0.4, -0.2) is 35.1 Å². The second-order valence-corrected chi connectivity index (χ2v) is 6.60. The van der Waals surface area contributed by atoms with E-state index in [4.69, 9.17) is 5.11 Å². The Morgan fingerprint density at radius 3 is 2.38 bits per heavy atom. The number of hydrogen-bond donors (Lipinski definition) is 2. The molecule has 0 aliphatic carbocycles. The normalized spacial score (nSPS) is 14.6. The van der Waals surface area contributed by atoms with Crippen LogP contribution >= 0.6 is 0 Å². The van der Waals surface area contributed by atoms with Crippen molar-refractivity contribution in [1.29, 1.82) is 0 Å². The van der Waals surface area contributed by atoms with Gasteiger partial charge in [-0.2, -0.15) is 0 Å². The Kier molecular flexibility index (Phi) is 5.51. The number of rotatable bonds is 4. The third-order valence-corrected chi connectivity index (χ3v) is 4.65. The van der Waals surface area contributed by atoms with E-state index < -0.39 is 5.97 Å². The Hall–Kier alpha value is -2.89. The topological polar surface area (TPSA) is 82.5 Å². The first-order chi connectivity index (χ1) is 12.5. The number of aryl methyl sites for hydroxylation is 1. The second kappa shape index (κ2) is 7.99. The number of anilines is 2. The molecular formula is C20H23N3O3. The van der Waals surface area contributed by atoms with Gasteiger partial charge in [-0.3, -0.25) is 4.79 Å². The average molecular weight is 353 g/mol. The van der Waals surface area contributed by atoms with Gasteiger partial charge in [0.1, 0.15) is 5.82 Å². The van der Waals surface area contributed by atoms with Crippen molar-refractivity contribution < 1.29 is 14.7 Å². The molecular weight excluding hydrogens is 330 g/mol. The Labute approximate surface area is 152 Å². The maximum Gasteiger partial charge on any atom is 0.335 e. The van der Waals surface area contributed by atoms with E-state index >= 15 is 0 Å². The van der Waals surface area contributed by atoms with Crippen molar-refractivity contribution in [3.8, 4) is 0 Å². The number of nitrogens with zero attached hydrogens (tertiary/aromatic N) is 2. The molecule has 3 rings (SSSR count). The van der Waals surface area contributed by atoms with E-state index in [-0.39, 0.29) is 11.5 Å². The molecule has 1 amide bonds. The molecule has 2 aromatic rings. The highest BCUT2D eigenvalue weighted by atomic mass is 16.4. The van der Waals surface area contributed by atoms with Gasteiger partial charge in [-0.05, 0) is 55.7 Å². The summed E-state index contributed by atoms with van der Waals surface area (Å²) >= 11 is 0. The summed E-state index contributed by atoms with van der Waals surface area (Å²) in [5, 5.41) is 11.9. The van der Waals surface area contributed by atoms with Gasteiger partial charge < -0.3 is 15.3 Å². The predicted octanol–water partition coefficient (Wildman–Crippen LogP) is 3.72. The zero-order chi connectivity index (χ0) is 18.5. The molecule has 2 N–H and O–H groups in total. The van der Waals surface area contributed by atoms with Gasteiger partial charge >= 0.3 is 5.97 Å². The smallest absolute Gasteiger partial charge is 0.335 e. The highest BCUT2D eigenvalue weighted by Crippen LogP contribution is 2.19. The zero-order valence-electron chi connectivity index (χ0n) is 14.9. The molecule has 1 fully saturated rings. The molecule has 136 valence electrons. The van der Waals surface area contributed by atoms with Crippen LogP contribution < -0.4 is 10.2 Å². The van der Waals surface area contributed by atoms with Crippen LogP contribution in [0.25, 0.3) is 0 Å². The summed E-state index contributed by atoms with van der Waals surface area (Å²) in [6.45, 7) is 3.72. The molecule has 26 heavy (non-hydrogen) atoms. The molecule has 1 aliphatic rings. The molecule has 1 aromatic carbocycles. The summed E-state index contributed by atoms with van der Waals surface area (Å²) in [5.41, 5.74) is 1.87. The van der Waals surface area contributed by atoms with Gasteiger partial charge in [-0.25, -0.2) is 9.78 Å². The maximum absolute atomic E-state index is 12.4. The third-order valence-electron chi connectivity index (χ3n) is 4.65. The van der Waals surface area contributed by atoms with Gasteiger partial charge in [0.2, 0.25) is 0 Å². The highest BCUT2D eigenvalue weighted by Gasteiger charge is 2.13. The second-order valence-electron chi connectivity index (χ2n) is 6.60. The fourth-order valence-corrected chi connectivity index (χ4v) is 3.19. The fraction of sp³-hybridized carbons (Fsp3) is 0.350. The number of hydrogen-bond acceptors (Lipinski definition) is 4. The monoisotopic (exact) mass is 353 g/mol. The molecule has 1 aromatic heterocycles. The summed E-state index contributed by atoms with van der Waals surface area (Å²) in [6.07, 6.45) is 6.47. The van der Waals surface area contributed by atoms with E-state index in [9.17, 15) is 9.59 Å². The van der Waals surface area contributed by atoms with Gasteiger partial charge in [0.25, 0.3) is 5.91 Å². The minimum Gasteiger partial charge on any atom is -0.478 e. The van der Waals surface area contributed by atoms with Crippen LogP contribution in [-0.2, 0) is 0 Å². The number of pyridine rings is 1. The number of carboxylic acid groups (broad SMARTS) is 1. The van der Waals surface area contributed by atoms with Gasteiger partial charge in [0.15, 0.2) is 0 Å². The Bertz CT molecular complexity index is 794. The van der Waals surface area contributed by atoms with Crippen molar-refractivity contribution in [2.45, 2.75) is 32.6 Å². The minimum absolute atomic E-state index is 0.228. The summed E-state index contributed by atoms with van der Waals surface area (Å²) in [5.74, 6) is -0.332. The van der Waals surface area contributed by atoms with E-state index in [0.717, 1.165) is 18.9 Å². The number of carboxylic acids is 1. The minimum atomic E-state index is -0.978. The Balaban J connectivity index is 1.68. The SMILES string of the molecule is Cc1cc(NC(=O)c2ccc(N3CCCCCC3)nc2)ccc1C(=O)O. The quantitative estimate of drug-likeness (QED) is 0.875. The predicted molar refractivity (Wildman–Crippen MR) is 101 cm³/mol. The van der Waals surface area contributed by atoms with Crippen molar-refractivity contribution in [2.75, 3.05) is 23.3 Å². The molecule has 0 unspecified atom stereocenters. The van der Waals surface area contributed by atoms with Crippen molar-refractivity contribution in [2.24, 2.45) is 0 Å². The van der Waals surface area contributed by atoms with E-state index in [1.54, 1.807) is 31.3 Å². The lowest BCUT2D eigenvalue weighted by atomic mass is 10.1. The number of benzene rings is 1. The van der Waals surface area contributed by atoms with Crippen molar-refractivity contribution >= 4 is 23.4 Å². The molecule has 6 nitrogen and oxygen atoms in total. The van der Waals surface area contributed by atoms with Gasteiger partial charge in [-0.1, -0.05) is 12.8 Å². The lowest BCUT2D eigenvalue weighted by Crippen LogP contribution is -2.25. The molecule has 0 atom stereocenters. The molecule has 2 heterocycles. The molecule has 0 spiro atoms. The molecule has 6 heteroatoms. The van der Waals surface area contributed by atoms with Crippen LogP contribution in [0.15, 0.2) is 36.5 Å². The first kappa shape index (κ1) is 17.9. The third kappa shape index (κ3) is 4.20. The molecule has 0 radical (unpaired) electrons. The van der Waals surface area contributed by atoms with Crippen LogP contribution in [0.3, 0.4) is 0 Å². The van der Waals surface area contributed by atoms with E-state index in [1.807, 2.05) is 6.07 Å². The van der Waals surface area contributed by atoms with E-state index in [1.165, 1.54) is 31.7 Å². The average Bonchev–Trinajstić information content (AvgIpc) is 2.91. The summed E-state index contributed by atoms with van der Waals surface area (Å²) in [4.78, 5) is 30.2. The number of carbonyl (C=O) groups is 2. The van der Waals surface area contributed by atoms with E-state index in [2.05, 4.69) is 15.2 Å². The number of aromatic nitrogens is 1. The summed E-state index contributed by atoms with van der Waals surface area (Å²) in [6, 6.07) is 8.40. The van der Waals surface area contributed by atoms with Gasteiger partial charge in [0, 0.05) is 25.0 Å². The first-order valence-electron chi connectivity index (χ1n) is 8.91. The van der Waals surface area contributed by atoms with Crippen molar-refractivity contribution in [3.05, 3.63) is 53.2 Å². The first-order valence-corrected chi connectivity index (χ1v) is 8.91. The summed E-state index contributed by atoms with van der Waals surface area (Å²) in [7, 11) is 0. The van der Waals surface area contributed by atoms with Gasteiger partial charge in [-0.15, -0.1) is 0 Å². The van der Waals surface area contributed by atoms with Crippen LogP contribution in [0.1, 0.15) is 52.0 Å². The fourth-order valence-electron chi connectivity index (χ4n) is 3.19. The molecule has 0 saturated carbocycles. The lowest BCUT2D eigenvalue weighted by molar-refractivity contribution is 0.0696. The molecule has 1 saturated heterocycles. The zero-order valence-corrected chi connectivity index (χ0v) is 14.9. The van der Waals surface area contributed by atoms with Gasteiger partial charge in [0.05, 0.1) is 11.1 Å². The Morgan fingerprint density at radius 2 is 1.81 bits per heavy atom. The Morgan fingerprint density at radius 1 is 1.08 bits per heavy atom.